The number of aromatic nitrogens is 4. The zero-order valence-electron chi connectivity index (χ0n) is 29.3. The molecule has 0 saturated carbocycles. The lowest BCUT2D eigenvalue weighted by Crippen LogP contribution is -2.33. The van der Waals surface area contributed by atoms with Crippen molar-refractivity contribution in [1.82, 2.24) is 19.9 Å². The smallest absolute Gasteiger partial charge is 0.166 e. The second-order valence-electron chi connectivity index (χ2n) is 14.7. The van der Waals surface area contributed by atoms with Gasteiger partial charge >= 0.3 is 0 Å². The average Bonchev–Trinajstić information content (AvgIpc) is 3.64. The van der Waals surface area contributed by atoms with E-state index >= 15 is 0 Å². The Bertz CT molecular complexity index is 2030. The summed E-state index contributed by atoms with van der Waals surface area (Å²) in [4.78, 5) is 27.1. The highest BCUT2D eigenvalue weighted by Crippen LogP contribution is 2.57. The van der Waals surface area contributed by atoms with Crippen LogP contribution in [0, 0.1) is 0 Å². The Balaban J connectivity index is 1.54. The van der Waals surface area contributed by atoms with Crippen LogP contribution in [-0.2, 0) is 10.8 Å². The molecule has 0 spiro atoms. The molecule has 2 aromatic carbocycles. The van der Waals surface area contributed by atoms with Gasteiger partial charge in [0.2, 0.25) is 0 Å². The minimum Gasteiger partial charge on any atom is -0.291 e. The van der Waals surface area contributed by atoms with E-state index in [0.29, 0.717) is 0 Å². The van der Waals surface area contributed by atoms with Gasteiger partial charge in [-0.3, -0.25) is 39.5 Å². The van der Waals surface area contributed by atoms with Crippen LogP contribution in [0.5, 0.6) is 0 Å². The lowest BCUT2D eigenvalue weighted by molar-refractivity contribution is 0.590. The van der Waals surface area contributed by atoms with Crippen molar-refractivity contribution >= 4 is 45.5 Å². The molecule has 0 saturated heterocycles. The minimum atomic E-state index is -0.0601. The van der Waals surface area contributed by atoms with Gasteiger partial charge in [0, 0.05) is 49.6 Å². The van der Waals surface area contributed by atoms with Crippen LogP contribution < -0.4 is 19.6 Å². The van der Waals surface area contributed by atoms with E-state index in [2.05, 4.69) is 166 Å². The molecular formula is C42H40N8. The summed E-state index contributed by atoms with van der Waals surface area (Å²) in [5, 5.41) is 0. The highest BCUT2D eigenvalue weighted by Gasteiger charge is 2.45. The molecule has 0 amide bonds. The van der Waals surface area contributed by atoms with E-state index in [1.807, 2.05) is 49.6 Å². The van der Waals surface area contributed by atoms with Crippen molar-refractivity contribution in [3.05, 3.63) is 157 Å². The van der Waals surface area contributed by atoms with E-state index in [1.54, 1.807) is 0 Å². The van der Waals surface area contributed by atoms with Crippen LogP contribution in [0.1, 0.15) is 52.7 Å². The summed E-state index contributed by atoms with van der Waals surface area (Å²) in [6.45, 7) is 13.6. The maximum absolute atomic E-state index is 4.42. The third-order valence-corrected chi connectivity index (χ3v) is 9.38. The van der Waals surface area contributed by atoms with Gasteiger partial charge in [-0.1, -0.05) is 53.7 Å². The predicted molar refractivity (Wildman–Crippen MR) is 203 cm³/mol. The standard InChI is InChI=1S/C42H40N8/c1-41(2,3)29-7-9-35-37(27-29)49(33-15-23-45-24-16-33)39(47(35)31-11-19-43-20-12-31)40-48(32-13-21-44-22-14-32)36-10-8-30(42(4,5)6)28-38(36)50(40)34-17-25-46-26-18-34/h7-28H,1-6H3/b40-39+. The molecule has 6 heterocycles. The minimum absolute atomic E-state index is 0.0601. The fraction of sp³-hybridized carbons (Fsp3) is 0.190. The first-order valence-corrected chi connectivity index (χ1v) is 17.0. The lowest BCUT2D eigenvalue weighted by atomic mass is 9.86. The molecule has 2 aliphatic heterocycles. The normalized spacial score (nSPS) is 15.8. The Morgan fingerprint density at radius 2 is 0.600 bits per heavy atom. The van der Waals surface area contributed by atoms with Gasteiger partial charge in [-0.25, -0.2) is 0 Å². The van der Waals surface area contributed by atoms with Gasteiger partial charge in [-0.15, -0.1) is 0 Å². The van der Waals surface area contributed by atoms with Crippen LogP contribution in [-0.4, -0.2) is 19.9 Å². The first-order chi connectivity index (χ1) is 24.1. The first-order valence-electron chi connectivity index (χ1n) is 17.0. The van der Waals surface area contributed by atoms with E-state index in [0.717, 1.165) is 57.1 Å². The number of hydrogen-bond donors (Lipinski definition) is 0. The van der Waals surface area contributed by atoms with Crippen molar-refractivity contribution in [2.75, 3.05) is 19.6 Å². The van der Waals surface area contributed by atoms with Crippen molar-refractivity contribution in [1.29, 1.82) is 0 Å². The molecule has 0 unspecified atom stereocenters. The molecule has 0 radical (unpaired) electrons. The molecule has 0 atom stereocenters. The summed E-state index contributed by atoms with van der Waals surface area (Å²) in [5.41, 5.74) is 10.7. The van der Waals surface area contributed by atoms with E-state index in [1.165, 1.54) is 11.1 Å². The summed E-state index contributed by atoms with van der Waals surface area (Å²) < 4.78 is 0. The van der Waals surface area contributed by atoms with E-state index in [9.17, 15) is 0 Å². The van der Waals surface area contributed by atoms with Gasteiger partial charge in [0.05, 0.1) is 45.5 Å². The zero-order chi connectivity index (χ0) is 34.6. The Morgan fingerprint density at radius 1 is 0.340 bits per heavy atom. The number of benzene rings is 2. The average molecular weight is 657 g/mol. The third kappa shape index (κ3) is 5.24. The molecular weight excluding hydrogens is 617 g/mol. The number of pyridine rings is 4. The molecule has 2 aliphatic rings. The van der Waals surface area contributed by atoms with Crippen LogP contribution >= 0.6 is 0 Å². The van der Waals surface area contributed by atoms with Gasteiger partial charge in [0.1, 0.15) is 0 Å². The van der Waals surface area contributed by atoms with Gasteiger partial charge in [0.15, 0.2) is 11.6 Å². The van der Waals surface area contributed by atoms with Crippen LogP contribution in [0.4, 0.5) is 45.5 Å². The Hall–Kier alpha value is -6.02. The molecule has 8 rings (SSSR count). The van der Waals surface area contributed by atoms with Crippen LogP contribution in [0.25, 0.3) is 0 Å². The largest absolute Gasteiger partial charge is 0.291 e. The summed E-state index contributed by atoms with van der Waals surface area (Å²) in [6, 6.07) is 30.3. The summed E-state index contributed by atoms with van der Waals surface area (Å²) in [6.07, 6.45) is 14.9. The van der Waals surface area contributed by atoms with Crippen molar-refractivity contribution in [3.8, 4) is 0 Å². The number of nitrogens with zero attached hydrogens (tertiary/aromatic N) is 8. The fourth-order valence-corrected chi connectivity index (χ4v) is 6.79. The highest BCUT2D eigenvalue weighted by molar-refractivity contribution is 6.00. The second-order valence-corrected chi connectivity index (χ2v) is 14.7. The van der Waals surface area contributed by atoms with E-state index in [4.69, 9.17) is 0 Å². The Kier molecular flexibility index (Phi) is 7.40. The first kappa shape index (κ1) is 31.3. The molecule has 8 nitrogen and oxygen atoms in total. The topological polar surface area (TPSA) is 64.5 Å². The quantitative estimate of drug-likeness (QED) is 0.186. The monoisotopic (exact) mass is 656 g/mol. The van der Waals surface area contributed by atoms with E-state index < -0.39 is 0 Å². The summed E-state index contributed by atoms with van der Waals surface area (Å²) in [5.74, 6) is 1.93. The molecule has 248 valence electrons. The van der Waals surface area contributed by atoms with Gasteiger partial charge < -0.3 is 0 Å². The Morgan fingerprint density at radius 3 is 0.860 bits per heavy atom. The SMILES string of the molecule is CC(C)(C)c1ccc2c(c1)N(c1ccncc1)/C(=C1\N(c3ccncc3)c3ccc(C(C)(C)C)cc3N1c1ccncc1)N2c1ccncc1. The molecule has 0 fully saturated rings. The number of hydrogen-bond acceptors (Lipinski definition) is 8. The summed E-state index contributed by atoms with van der Waals surface area (Å²) in [7, 11) is 0. The fourth-order valence-electron chi connectivity index (χ4n) is 6.79. The van der Waals surface area contributed by atoms with Crippen molar-refractivity contribution < 1.29 is 0 Å². The molecule has 0 aliphatic carbocycles. The molecule has 6 aromatic rings. The van der Waals surface area contributed by atoms with Gasteiger partial charge in [-0.05, 0) is 94.8 Å². The van der Waals surface area contributed by atoms with Crippen LogP contribution in [0.15, 0.2) is 146 Å². The lowest BCUT2D eigenvalue weighted by Gasteiger charge is -2.34. The number of anilines is 8. The summed E-state index contributed by atoms with van der Waals surface area (Å²) >= 11 is 0. The molecule has 0 bridgehead atoms. The Labute approximate surface area is 294 Å². The number of rotatable bonds is 4. The molecule has 50 heavy (non-hydrogen) atoms. The van der Waals surface area contributed by atoms with Crippen molar-refractivity contribution in [2.45, 2.75) is 52.4 Å². The maximum Gasteiger partial charge on any atom is 0.166 e. The molecule has 4 aromatic heterocycles. The van der Waals surface area contributed by atoms with Gasteiger partial charge in [0.25, 0.3) is 0 Å². The molecule has 0 N–H and O–H groups in total. The van der Waals surface area contributed by atoms with Crippen molar-refractivity contribution in [2.24, 2.45) is 0 Å². The van der Waals surface area contributed by atoms with Crippen LogP contribution in [0.3, 0.4) is 0 Å². The predicted octanol–water partition coefficient (Wildman–Crippen LogP) is 10.3. The highest BCUT2D eigenvalue weighted by atomic mass is 15.5. The third-order valence-electron chi connectivity index (χ3n) is 9.38. The van der Waals surface area contributed by atoms with E-state index in [-0.39, 0.29) is 10.8 Å². The maximum atomic E-state index is 4.42. The van der Waals surface area contributed by atoms with Gasteiger partial charge in [-0.2, -0.15) is 0 Å². The number of fused-ring (bicyclic) bond motifs is 2. The molecule has 8 heteroatoms. The zero-order valence-corrected chi connectivity index (χ0v) is 29.3. The van der Waals surface area contributed by atoms with Crippen LogP contribution in [0.2, 0.25) is 0 Å². The van der Waals surface area contributed by atoms with Crippen molar-refractivity contribution in [3.63, 3.8) is 0 Å². The second kappa shape index (κ2) is 11.8.